The Morgan fingerprint density at radius 2 is 1.86 bits per heavy atom. The lowest BCUT2D eigenvalue weighted by Crippen LogP contribution is -2.16. The maximum atomic E-state index is 13.3. The Balaban J connectivity index is 1.78. The fourth-order valence-electron chi connectivity index (χ4n) is 2.93. The van der Waals surface area contributed by atoms with Crippen molar-refractivity contribution in [2.45, 2.75) is 13.8 Å². The summed E-state index contributed by atoms with van der Waals surface area (Å²) in [6.45, 7) is 5.69. The third-order valence-electron chi connectivity index (χ3n) is 4.33. The predicted octanol–water partition coefficient (Wildman–Crippen LogP) is 4.32. The Labute approximate surface area is 166 Å². The summed E-state index contributed by atoms with van der Waals surface area (Å²) in [6.07, 6.45) is 0. The van der Waals surface area contributed by atoms with Crippen molar-refractivity contribution in [2.24, 2.45) is 10.1 Å². The van der Waals surface area contributed by atoms with E-state index in [0.717, 1.165) is 38.8 Å². The molecular formula is C21H20FN3O2S. The van der Waals surface area contributed by atoms with Crippen LogP contribution in [-0.4, -0.2) is 30.1 Å². The minimum atomic E-state index is -0.264. The maximum absolute atomic E-state index is 13.3. The minimum absolute atomic E-state index is 0.264. The van der Waals surface area contributed by atoms with Gasteiger partial charge in [0.2, 0.25) is 4.80 Å². The molecule has 0 bridgehead atoms. The molecule has 5 nitrogen and oxygen atoms in total. The predicted molar refractivity (Wildman–Crippen MR) is 109 cm³/mol. The van der Waals surface area contributed by atoms with Crippen LogP contribution in [0.5, 0.6) is 11.5 Å². The van der Waals surface area contributed by atoms with E-state index in [0.29, 0.717) is 19.8 Å². The van der Waals surface area contributed by atoms with Crippen molar-refractivity contribution in [3.8, 4) is 22.8 Å². The highest BCUT2D eigenvalue weighted by molar-refractivity contribution is 7.07. The van der Waals surface area contributed by atoms with Gasteiger partial charge in [0.05, 0.1) is 11.4 Å². The van der Waals surface area contributed by atoms with E-state index in [1.54, 1.807) is 12.1 Å². The molecule has 144 valence electrons. The molecule has 28 heavy (non-hydrogen) atoms. The van der Waals surface area contributed by atoms with E-state index in [-0.39, 0.29) is 5.82 Å². The van der Waals surface area contributed by atoms with E-state index in [9.17, 15) is 4.39 Å². The number of hydrogen-bond acceptors (Lipinski definition) is 5. The standard InChI is InChI=1S/C21H20FN3O2S/c1-3-23-21-25(18(13-28-21)15-4-7-17(22)8-5-15)24-14(2)16-6-9-19-20(12-16)27-11-10-26-19/h4-9,12-13H,3,10-11H2,1-2H3. The first-order chi connectivity index (χ1) is 13.7. The van der Waals surface area contributed by atoms with Crippen LogP contribution in [0.15, 0.2) is 57.9 Å². The smallest absolute Gasteiger partial charge is 0.206 e. The Bertz CT molecular complexity index is 1080. The summed E-state index contributed by atoms with van der Waals surface area (Å²) in [5.74, 6) is 1.21. The van der Waals surface area contributed by atoms with Gasteiger partial charge in [0.1, 0.15) is 19.0 Å². The fourth-order valence-corrected chi connectivity index (χ4v) is 3.83. The lowest BCUT2D eigenvalue weighted by atomic mass is 10.1. The van der Waals surface area contributed by atoms with Crippen molar-refractivity contribution in [3.63, 3.8) is 0 Å². The van der Waals surface area contributed by atoms with Crippen molar-refractivity contribution in [1.82, 2.24) is 4.68 Å². The molecule has 0 saturated carbocycles. The molecule has 4 rings (SSSR count). The topological polar surface area (TPSA) is 48.1 Å². The largest absolute Gasteiger partial charge is 0.486 e. The third-order valence-corrected chi connectivity index (χ3v) is 5.18. The van der Waals surface area contributed by atoms with Crippen LogP contribution < -0.4 is 14.3 Å². The zero-order valence-electron chi connectivity index (χ0n) is 15.7. The quantitative estimate of drug-likeness (QED) is 0.616. The number of hydrogen-bond donors (Lipinski definition) is 0. The molecule has 1 aromatic heterocycles. The van der Waals surface area contributed by atoms with Gasteiger partial charge in [0.25, 0.3) is 0 Å². The van der Waals surface area contributed by atoms with Crippen LogP contribution in [0.1, 0.15) is 19.4 Å². The molecule has 0 amide bonds. The maximum Gasteiger partial charge on any atom is 0.206 e. The van der Waals surface area contributed by atoms with Crippen molar-refractivity contribution in [2.75, 3.05) is 19.8 Å². The number of ether oxygens (including phenoxy) is 2. The highest BCUT2D eigenvalue weighted by Crippen LogP contribution is 2.31. The highest BCUT2D eigenvalue weighted by Gasteiger charge is 2.14. The third kappa shape index (κ3) is 3.71. The van der Waals surface area contributed by atoms with Gasteiger partial charge in [-0.2, -0.15) is 5.10 Å². The van der Waals surface area contributed by atoms with Crippen LogP contribution in [0, 0.1) is 5.82 Å². The van der Waals surface area contributed by atoms with E-state index < -0.39 is 0 Å². The number of benzene rings is 2. The van der Waals surface area contributed by atoms with Crippen LogP contribution >= 0.6 is 11.3 Å². The van der Waals surface area contributed by atoms with Gasteiger partial charge in [-0.1, -0.05) is 0 Å². The molecule has 2 aromatic carbocycles. The lowest BCUT2D eigenvalue weighted by Gasteiger charge is -2.18. The van der Waals surface area contributed by atoms with Crippen LogP contribution in [0.2, 0.25) is 0 Å². The first kappa shape index (κ1) is 18.4. The summed E-state index contributed by atoms with van der Waals surface area (Å²) in [5, 5.41) is 6.80. The molecule has 0 N–H and O–H groups in total. The van der Waals surface area contributed by atoms with Crippen LogP contribution in [-0.2, 0) is 0 Å². The zero-order valence-corrected chi connectivity index (χ0v) is 16.5. The Morgan fingerprint density at radius 1 is 1.11 bits per heavy atom. The van der Waals surface area contributed by atoms with E-state index >= 15 is 0 Å². The summed E-state index contributed by atoms with van der Waals surface area (Å²) in [4.78, 5) is 5.33. The number of aromatic nitrogens is 1. The van der Waals surface area contributed by atoms with E-state index in [4.69, 9.17) is 14.6 Å². The molecule has 7 heteroatoms. The summed E-state index contributed by atoms with van der Waals surface area (Å²) >= 11 is 1.51. The number of halogens is 1. The molecule has 0 unspecified atom stereocenters. The lowest BCUT2D eigenvalue weighted by molar-refractivity contribution is 0.171. The van der Waals surface area contributed by atoms with Crippen molar-refractivity contribution in [1.29, 1.82) is 0 Å². The van der Waals surface area contributed by atoms with Gasteiger partial charge in [-0.15, -0.1) is 11.3 Å². The summed E-state index contributed by atoms with van der Waals surface area (Å²) in [6, 6.07) is 12.2. The molecule has 1 aliphatic rings. The van der Waals surface area contributed by atoms with Gasteiger partial charge in [-0.25, -0.2) is 9.07 Å². The molecule has 2 heterocycles. The molecule has 0 radical (unpaired) electrons. The minimum Gasteiger partial charge on any atom is -0.486 e. The second-order valence-electron chi connectivity index (χ2n) is 6.24. The van der Waals surface area contributed by atoms with E-state index in [1.165, 1.54) is 23.5 Å². The Morgan fingerprint density at radius 3 is 2.61 bits per heavy atom. The van der Waals surface area contributed by atoms with Crippen molar-refractivity contribution < 1.29 is 13.9 Å². The average Bonchev–Trinajstić information content (AvgIpc) is 3.11. The number of thiazole rings is 1. The van der Waals surface area contributed by atoms with Gasteiger partial charge in [0.15, 0.2) is 11.5 Å². The molecule has 0 atom stereocenters. The second kappa shape index (κ2) is 7.98. The Kier molecular flexibility index (Phi) is 5.25. The second-order valence-corrected chi connectivity index (χ2v) is 7.08. The van der Waals surface area contributed by atoms with Crippen LogP contribution in [0.3, 0.4) is 0 Å². The van der Waals surface area contributed by atoms with Crippen molar-refractivity contribution in [3.05, 3.63) is 64.0 Å². The molecule has 0 aliphatic carbocycles. The number of rotatable bonds is 4. The summed E-state index contributed by atoms with van der Waals surface area (Å²) in [5.41, 5.74) is 3.51. The molecule has 3 aromatic rings. The summed E-state index contributed by atoms with van der Waals surface area (Å²) < 4.78 is 26.4. The Hall–Kier alpha value is -2.93. The normalized spacial score (nSPS) is 14.4. The molecule has 0 spiro atoms. The number of nitrogens with zero attached hydrogens (tertiary/aromatic N) is 3. The first-order valence-electron chi connectivity index (χ1n) is 9.08. The first-order valence-corrected chi connectivity index (χ1v) is 9.96. The van der Waals surface area contributed by atoms with Gasteiger partial charge >= 0.3 is 0 Å². The monoisotopic (exact) mass is 397 g/mol. The van der Waals surface area contributed by atoms with E-state index in [2.05, 4.69) is 4.99 Å². The van der Waals surface area contributed by atoms with Gasteiger partial charge in [-0.3, -0.25) is 4.99 Å². The van der Waals surface area contributed by atoms with Gasteiger partial charge < -0.3 is 9.47 Å². The summed E-state index contributed by atoms with van der Waals surface area (Å²) in [7, 11) is 0. The van der Waals surface area contributed by atoms with Gasteiger partial charge in [-0.05, 0) is 56.3 Å². The molecular weight excluding hydrogens is 377 g/mol. The highest BCUT2D eigenvalue weighted by atomic mass is 32.1. The molecule has 0 saturated heterocycles. The van der Waals surface area contributed by atoms with Gasteiger partial charge in [0, 0.05) is 23.1 Å². The molecule has 1 aliphatic heterocycles. The fraction of sp³-hybridized carbons (Fsp3) is 0.238. The zero-order chi connectivity index (χ0) is 19.5. The molecule has 0 fully saturated rings. The van der Waals surface area contributed by atoms with Crippen LogP contribution in [0.25, 0.3) is 11.3 Å². The SMILES string of the molecule is CCN=c1scc(-c2ccc(F)cc2)n1N=C(C)c1ccc2c(c1)OCCO2. The number of fused-ring (bicyclic) bond motifs is 1. The van der Waals surface area contributed by atoms with E-state index in [1.807, 2.05) is 42.1 Å². The average molecular weight is 397 g/mol. The van der Waals surface area contributed by atoms with Crippen LogP contribution in [0.4, 0.5) is 4.39 Å². The van der Waals surface area contributed by atoms with Crippen molar-refractivity contribution >= 4 is 17.0 Å².